The second-order valence-corrected chi connectivity index (χ2v) is 8.85. The predicted octanol–water partition coefficient (Wildman–Crippen LogP) is 2.75. The van der Waals surface area contributed by atoms with Crippen molar-refractivity contribution in [3.63, 3.8) is 0 Å². The largest absolute Gasteiger partial charge is 0.353 e. The molecule has 2 aromatic carbocycles. The number of hydrogen-bond donors (Lipinski definition) is 2. The van der Waals surface area contributed by atoms with Crippen molar-refractivity contribution in [2.45, 2.75) is 50.0 Å². The zero-order valence-electron chi connectivity index (χ0n) is 15.4. The first-order valence-corrected chi connectivity index (χ1v) is 10.1. The van der Waals surface area contributed by atoms with Crippen LogP contribution in [0.15, 0.2) is 59.5 Å². The van der Waals surface area contributed by atoms with Crippen LogP contribution in [0.4, 0.5) is 0 Å². The van der Waals surface area contributed by atoms with Gasteiger partial charge in [0.15, 0.2) is 0 Å². The number of hydrogen-bond acceptors (Lipinski definition) is 3. The summed E-state index contributed by atoms with van der Waals surface area (Å²) in [4.78, 5) is 12.3. The van der Waals surface area contributed by atoms with Crippen LogP contribution < -0.4 is 10.5 Å². The van der Waals surface area contributed by atoms with E-state index in [1.54, 1.807) is 12.1 Å². The molecule has 1 unspecified atom stereocenters. The lowest BCUT2D eigenvalue weighted by Gasteiger charge is -2.29. The Labute approximate surface area is 155 Å². The number of carbonyl (C=O) groups excluding carboxylic acids is 1. The zero-order valence-corrected chi connectivity index (χ0v) is 16.2. The molecule has 0 aliphatic rings. The molecular formula is C20H26N2O3S. The molecule has 5 nitrogen and oxygen atoms in total. The van der Waals surface area contributed by atoms with Crippen molar-refractivity contribution in [1.82, 2.24) is 5.32 Å². The maximum atomic E-state index is 12.3. The third-order valence-corrected chi connectivity index (χ3v) is 5.32. The number of carbonyl (C=O) groups is 1. The van der Waals surface area contributed by atoms with Crippen molar-refractivity contribution in [3.05, 3.63) is 65.7 Å². The Morgan fingerprint density at radius 2 is 1.65 bits per heavy atom. The van der Waals surface area contributed by atoms with E-state index >= 15 is 0 Å². The van der Waals surface area contributed by atoms with E-state index in [1.165, 1.54) is 17.7 Å². The summed E-state index contributed by atoms with van der Waals surface area (Å²) in [6.45, 7) is 6.32. The first-order valence-electron chi connectivity index (χ1n) is 8.54. The Hall–Kier alpha value is -2.18. The van der Waals surface area contributed by atoms with Crippen molar-refractivity contribution in [2.75, 3.05) is 0 Å². The molecule has 0 radical (unpaired) electrons. The van der Waals surface area contributed by atoms with Crippen LogP contribution in [0.1, 0.15) is 38.3 Å². The van der Waals surface area contributed by atoms with Crippen LogP contribution in [0, 0.1) is 0 Å². The van der Waals surface area contributed by atoms with Crippen LogP contribution in [-0.4, -0.2) is 20.4 Å². The lowest BCUT2D eigenvalue weighted by Crippen LogP contribution is -2.38. The minimum Gasteiger partial charge on any atom is -0.353 e. The van der Waals surface area contributed by atoms with E-state index in [1.807, 2.05) is 25.1 Å². The van der Waals surface area contributed by atoms with Crippen molar-refractivity contribution < 1.29 is 13.2 Å². The van der Waals surface area contributed by atoms with E-state index < -0.39 is 10.0 Å². The minimum atomic E-state index is -3.71. The van der Waals surface area contributed by atoms with E-state index in [0.29, 0.717) is 0 Å². The monoisotopic (exact) mass is 374 g/mol. The van der Waals surface area contributed by atoms with Crippen molar-refractivity contribution >= 4 is 15.9 Å². The van der Waals surface area contributed by atoms with Gasteiger partial charge in [-0.05, 0) is 42.0 Å². The molecule has 0 bridgehead atoms. The highest BCUT2D eigenvalue weighted by atomic mass is 32.2. The molecule has 0 aliphatic heterocycles. The van der Waals surface area contributed by atoms with Gasteiger partial charge < -0.3 is 5.32 Å². The average molecular weight is 375 g/mol. The smallest absolute Gasteiger partial charge is 0.238 e. The lowest BCUT2D eigenvalue weighted by atomic mass is 9.79. The fraction of sp³-hybridized carbons (Fsp3) is 0.350. The molecule has 0 aromatic heterocycles. The van der Waals surface area contributed by atoms with Gasteiger partial charge in [-0.2, -0.15) is 0 Å². The van der Waals surface area contributed by atoms with Crippen LogP contribution in [0.2, 0.25) is 0 Å². The van der Waals surface area contributed by atoms with E-state index in [2.05, 4.69) is 31.3 Å². The summed E-state index contributed by atoms with van der Waals surface area (Å²) in [5.74, 6) is -0.0929. The molecule has 2 aromatic rings. The average Bonchev–Trinajstić information content (AvgIpc) is 2.54. The van der Waals surface area contributed by atoms with E-state index in [9.17, 15) is 13.2 Å². The minimum absolute atomic E-state index is 0.0152. The summed E-state index contributed by atoms with van der Waals surface area (Å²) >= 11 is 0. The van der Waals surface area contributed by atoms with E-state index in [4.69, 9.17) is 5.14 Å². The summed E-state index contributed by atoms with van der Waals surface area (Å²) in [5.41, 5.74) is 1.93. The summed E-state index contributed by atoms with van der Waals surface area (Å²) < 4.78 is 22.5. The standard InChI is InChI=1S/C20H26N2O3S/c1-15(14-20(2,3)17-7-5-4-6-8-17)22-19(23)13-16-9-11-18(12-10-16)26(21,24)25/h4-12,15H,13-14H2,1-3H3,(H,22,23)(H2,21,24,25). The Morgan fingerprint density at radius 1 is 1.08 bits per heavy atom. The van der Waals surface area contributed by atoms with Gasteiger partial charge in [0, 0.05) is 6.04 Å². The normalized spacial score (nSPS) is 13.2. The second-order valence-electron chi connectivity index (χ2n) is 7.29. The van der Waals surface area contributed by atoms with Gasteiger partial charge in [0.1, 0.15) is 0 Å². The Kier molecular flexibility index (Phi) is 6.21. The summed E-state index contributed by atoms with van der Waals surface area (Å²) in [5, 5.41) is 8.09. The van der Waals surface area contributed by atoms with Crippen LogP contribution in [0.5, 0.6) is 0 Å². The first kappa shape index (κ1) is 20.1. The lowest BCUT2D eigenvalue weighted by molar-refractivity contribution is -0.121. The SMILES string of the molecule is CC(CC(C)(C)c1ccccc1)NC(=O)Cc1ccc(S(N)(=O)=O)cc1. The van der Waals surface area contributed by atoms with Crippen LogP contribution >= 0.6 is 0 Å². The number of benzene rings is 2. The summed E-state index contributed by atoms with van der Waals surface area (Å²) in [6.07, 6.45) is 1.01. The molecular weight excluding hydrogens is 348 g/mol. The van der Waals surface area contributed by atoms with Crippen LogP contribution in [0.25, 0.3) is 0 Å². The summed E-state index contributed by atoms with van der Waals surface area (Å²) in [6, 6.07) is 16.3. The highest BCUT2D eigenvalue weighted by Gasteiger charge is 2.24. The number of primary sulfonamides is 1. The predicted molar refractivity (Wildman–Crippen MR) is 103 cm³/mol. The van der Waals surface area contributed by atoms with Crippen molar-refractivity contribution in [1.29, 1.82) is 0 Å². The van der Waals surface area contributed by atoms with Gasteiger partial charge >= 0.3 is 0 Å². The van der Waals surface area contributed by atoms with Gasteiger partial charge in [0.2, 0.25) is 15.9 Å². The van der Waals surface area contributed by atoms with Crippen molar-refractivity contribution in [3.8, 4) is 0 Å². The highest BCUT2D eigenvalue weighted by Crippen LogP contribution is 2.28. The third-order valence-electron chi connectivity index (χ3n) is 4.40. The topological polar surface area (TPSA) is 89.3 Å². The number of amides is 1. The molecule has 26 heavy (non-hydrogen) atoms. The van der Waals surface area contributed by atoms with E-state index in [-0.39, 0.29) is 28.7 Å². The molecule has 0 fully saturated rings. The quantitative estimate of drug-likeness (QED) is 0.781. The van der Waals surface area contributed by atoms with Crippen LogP contribution in [-0.2, 0) is 26.7 Å². The molecule has 2 rings (SSSR count). The van der Waals surface area contributed by atoms with Crippen molar-refractivity contribution in [2.24, 2.45) is 5.14 Å². The highest BCUT2D eigenvalue weighted by molar-refractivity contribution is 7.89. The molecule has 1 amide bonds. The molecule has 0 saturated heterocycles. The molecule has 140 valence electrons. The molecule has 0 heterocycles. The zero-order chi connectivity index (χ0) is 19.4. The van der Waals surface area contributed by atoms with Gasteiger partial charge in [-0.15, -0.1) is 0 Å². The van der Waals surface area contributed by atoms with Gasteiger partial charge in [0.05, 0.1) is 11.3 Å². The van der Waals surface area contributed by atoms with Gasteiger partial charge in [-0.1, -0.05) is 56.3 Å². The Bertz CT molecular complexity index is 844. The fourth-order valence-electron chi connectivity index (χ4n) is 3.13. The molecule has 0 saturated carbocycles. The first-order chi connectivity index (χ1) is 12.1. The molecule has 0 spiro atoms. The van der Waals surface area contributed by atoms with Gasteiger partial charge in [0.25, 0.3) is 0 Å². The fourth-order valence-corrected chi connectivity index (χ4v) is 3.65. The Morgan fingerprint density at radius 3 is 2.19 bits per heavy atom. The molecule has 6 heteroatoms. The number of nitrogens with two attached hydrogens (primary N) is 1. The number of rotatable bonds is 7. The second kappa shape index (κ2) is 8.01. The van der Waals surface area contributed by atoms with Gasteiger partial charge in [-0.3, -0.25) is 4.79 Å². The van der Waals surface area contributed by atoms with E-state index in [0.717, 1.165) is 12.0 Å². The number of nitrogens with one attached hydrogen (secondary N) is 1. The maximum Gasteiger partial charge on any atom is 0.238 e. The molecule has 0 aliphatic carbocycles. The van der Waals surface area contributed by atoms with Gasteiger partial charge in [-0.25, -0.2) is 13.6 Å². The summed E-state index contributed by atoms with van der Waals surface area (Å²) in [7, 11) is -3.71. The Balaban J connectivity index is 1.93. The number of sulfonamides is 1. The molecule has 1 atom stereocenters. The van der Waals surface area contributed by atoms with Crippen LogP contribution in [0.3, 0.4) is 0 Å². The maximum absolute atomic E-state index is 12.3. The third kappa shape index (κ3) is 5.68. The molecule has 3 N–H and O–H groups in total.